The third-order valence-electron chi connectivity index (χ3n) is 3.52. The van der Waals surface area contributed by atoms with E-state index in [0.717, 1.165) is 37.7 Å². The van der Waals surface area contributed by atoms with Crippen LogP contribution in [-0.4, -0.2) is 36.8 Å². The summed E-state index contributed by atoms with van der Waals surface area (Å²) >= 11 is 0. The standard InChI is InChI=1S/C16H19N3O2/c20-16(13-18-7-3-4-8-18)17-14-5-1-2-6-15(14)19-9-11-21-12-10-19/h1-8H,9-13H2,(H,17,20). The SMILES string of the molecule is O=C(Cn1cccc1)Nc1ccccc1N1CCOCC1. The molecule has 1 aromatic carbocycles. The third kappa shape index (κ3) is 3.44. The molecule has 110 valence electrons. The summed E-state index contributed by atoms with van der Waals surface area (Å²) in [6.07, 6.45) is 3.76. The molecule has 0 bridgehead atoms. The van der Waals surface area contributed by atoms with Gasteiger partial charge in [-0.1, -0.05) is 12.1 Å². The summed E-state index contributed by atoms with van der Waals surface area (Å²) in [5.41, 5.74) is 1.92. The van der Waals surface area contributed by atoms with Crippen LogP contribution in [0.5, 0.6) is 0 Å². The summed E-state index contributed by atoms with van der Waals surface area (Å²) in [7, 11) is 0. The van der Waals surface area contributed by atoms with Crippen LogP contribution in [0.3, 0.4) is 0 Å². The molecule has 1 aliphatic rings. The summed E-state index contributed by atoms with van der Waals surface area (Å²) in [5, 5.41) is 3.00. The van der Waals surface area contributed by atoms with Gasteiger partial charge in [-0.25, -0.2) is 0 Å². The number of hydrogen-bond donors (Lipinski definition) is 1. The van der Waals surface area contributed by atoms with Crippen LogP contribution >= 0.6 is 0 Å². The molecule has 1 fully saturated rings. The summed E-state index contributed by atoms with van der Waals surface area (Å²) in [5.74, 6) is -0.0214. The van der Waals surface area contributed by atoms with Gasteiger partial charge in [0.05, 0.1) is 24.6 Å². The van der Waals surface area contributed by atoms with Crippen LogP contribution in [-0.2, 0) is 16.1 Å². The molecular formula is C16H19N3O2. The number of para-hydroxylation sites is 2. The Balaban J connectivity index is 1.71. The Hall–Kier alpha value is -2.27. The molecule has 1 amide bonds. The number of ether oxygens (including phenoxy) is 1. The van der Waals surface area contributed by atoms with Crippen molar-refractivity contribution in [2.24, 2.45) is 0 Å². The lowest BCUT2D eigenvalue weighted by atomic mass is 10.2. The molecule has 0 radical (unpaired) electrons. The Morgan fingerprint density at radius 2 is 1.81 bits per heavy atom. The first-order chi connectivity index (χ1) is 10.3. The minimum atomic E-state index is -0.0214. The maximum Gasteiger partial charge on any atom is 0.244 e. The van der Waals surface area contributed by atoms with Crippen LogP contribution in [0.1, 0.15) is 0 Å². The van der Waals surface area contributed by atoms with E-state index in [0.29, 0.717) is 6.54 Å². The van der Waals surface area contributed by atoms with Gasteiger partial charge in [0, 0.05) is 25.5 Å². The quantitative estimate of drug-likeness (QED) is 0.934. The average molecular weight is 285 g/mol. The van der Waals surface area contributed by atoms with E-state index in [1.807, 2.05) is 53.4 Å². The molecule has 21 heavy (non-hydrogen) atoms. The fourth-order valence-electron chi connectivity index (χ4n) is 2.49. The van der Waals surface area contributed by atoms with Gasteiger partial charge in [0.25, 0.3) is 0 Å². The van der Waals surface area contributed by atoms with Crippen molar-refractivity contribution in [2.75, 3.05) is 36.5 Å². The maximum atomic E-state index is 12.1. The second-order valence-electron chi connectivity index (χ2n) is 5.02. The van der Waals surface area contributed by atoms with Gasteiger partial charge in [0.15, 0.2) is 0 Å². The van der Waals surface area contributed by atoms with Crippen molar-refractivity contribution in [3.63, 3.8) is 0 Å². The van der Waals surface area contributed by atoms with E-state index in [-0.39, 0.29) is 5.91 Å². The van der Waals surface area contributed by atoms with Crippen molar-refractivity contribution < 1.29 is 9.53 Å². The highest BCUT2D eigenvalue weighted by Gasteiger charge is 2.15. The van der Waals surface area contributed by atoms with Gasteiger partial charge in [0.1, 0.15) is 6.54 Å². The predicted molar refractivity (Wildman–Crippen MR) is 82.5 cm³/mol. The van der Waals surface area contributed by atoms with E-state index in [1.165, 1.54) is 0 Å². The Labute approximate surface area is 124 Å². The number of aromatic nitrogens is 1. The smallest absolute Gasteiger partial charge is 0.244 e. The van der Waals surface area contributed by atoms with Crippen molar-refractivity contribution in [2.45, 2.75) is 6.54 Å². The summed E-state index contributed by atoms with van der Waals surface area (Å²) < 4.78 is 7.23. The zero-order valence-electron chi connectivity index (χ0n) is 11.9. The third-order valence-corrected chi connectivity index (χ3v) is 3.52. The molecule has 3 rings (SSSR count). The molecule has 5 nitrogen and oxygen atoms in total. The van der Waals surface area contributed by atoms with Crippen LogP contribution in [0.15, 0.2) is 48.8 Å². The first-order valence-electron chi connectivity index (χ1n) is 7.15. The van der Waals surface area contributed by atoms with Crippen LogP contribution in [0.4, 0.5) is 11.4 Å². The molecule has 5 heteroatoms. The van der Waals surface area contributed by atoms with E-state index in [2.05, 4.69) is 10.2 Å². The molecule has 0 spiro atoms. The minimum absolute atomic E-state index is 0.0214. The number of nitrogens with one attached hydrogen (secondary N) is 1. The summed E-state index contributed by atoms with van der Waals surface area (Å²) in [6.45, 7) is 3.48. The zero-order valence-corrected chi connectivity index (χ0v) is 11.9. The van der Waals surface area contributed by atoms with Gasteiger partial charge in [0.2, 0.25) is 5.91 Å². The van der Waals surface area contributed by atoms with Gasteiger partial charge >= 0.3 is 0 Å². The fraction of sp³-hybridized carbons (Fsp3) is 0.312. The number of anilines is 2. The van der Waals surface area contributed by atoms with E-state index < -0.39 is 0 Å². The van der Waals surface area contributed by atoms with E-state index in [4.69, 9.17) is 4.74 Å². The normalized spacial score (nSPS) is 15.0. The highest BCUT2D eigenvalue weighted by atomic mass is 16.5. The van der Waals surface area contributed by atoms with Crippen LogP contribution in [0.25, 0.3) is 0 Å². The van der Waals surface area contributed by atoms with Gasteiger partial charge in [-0.05, 0) is 24.3 Å². The molecule has 0 unspecified atom stereocenters. The Morgan fingerprint density at radius 3 is 2.57 bits per heavy atom. The lowest BCUT2D eigenvalue weighted by molar-refractivity contribution is -0.116. The first-order valence-corrected chi connectivity index (χ1v) is 7.15. The van der Waals surface area contributed by atoms with Crippen molar-refractivity contribution in [1.82, 2.24) is 4.57 Å². The fourth-order valence-corrected chi connectivity index (χ4v) is 2.49. The topological polar surface area (TPSA) is 46.5 Å². The molecular weight excluding hydrogens is 266 g/mol. The van der Waals surface area contributed by atoms with Crippen LogP contribution in [0.2, 0.25) is 0 Å². The molecule has 1 saturated heterocycles. The molecule has 0 atom stereocenters. The monoisotopic (exact) mass is 285 g/mol. The van der Waals surface area contributed by atoms with Gasteiger partial charge in [-0.2, -0.15) is 0 Å². The Morgan fingerprint density at radius 1 is 1.10 bits per heavy atom. The van der Waals surface area contributed by atoms with Gasteiger partial charge < -0.3 is 19.5 Å². The van der Waals surface area contributed by atoms with Gasteiger partial charge in [-0.3, -0.25) is 4.79 Å². The lowest BCUT2D eigenvalue weighted by Crippen LogP contribution is -2.36. The number of benzene rings is 1. The number of nitrogens with zero attached hydrogens (tertiary/aromatic N) is 2. The molecule has 0 saturated carbocycles. The second-order valence-corrected chi connectivity index (χ2v) is 5.02. The summed E-state index contributed by atoms with van der Waals surface area (Å²) in [6, 6.07) is 11.7. The minimum Gasteiger partial charge on any atom is -0.378 e. The van der Waals surface area contributed by atoms with Gasteiger partial charge in [-0.15, -0.1) is 0 Å². The highest BCUT2D eigenvalue weighted by molar-refractivity contribution is 5.94. The van der Waals surface area contributed by atoms with Crippen LogP contribution < -0.4 is 10.2 Å². The largest absolute Gasteiger partial charge is 0.378 e. The lowest BCUT2D eigenvalue weighted by Gasteiger charge is -2.30. The van der Waals surface area contributed by atoms with E-state index in [1.54, 1.807) is 0 Å². The number of hydrogen-bond acceptors (Lipinski definition) is 3. The molecule has 1 aromatic heterocycles. The summed E-state index contributed by atoms with van der Waals surface area (Å²) in [4.78, 5) is 14.4. The number of carbonyl (C=O) groups excluding carboxylic acids is 1. The van der Waals surface area contributed by atoms with Crippen molar-refractivity contribution in [3.05, 3.63) is 48.8 Å². The molecule has 2 heterocycles. The van der Waals surface area contributed by atoms with E-state index >= 15 is 0 Å². The number of rotatable bonds is 4. The van der Waals surface area contributed by atoms with Crippen LogP contribution in [0, 0.1) is 0 Å². The highest BCUT2D eigenvalue weighted by Crippen LogP contribution is 2.26. The maximum absolute atomic E-state index is 12.1. The molecule has 2 aromatic rings. The molecule has 1 N–H and O–H groups in total. The Kier molecular flexibility index (Phi) is 4.21. The number of carbonyl (C=O) groups is 1. The first kappa shape index (κ1) is 13.7. The Bertz CT molecular complexity index is 589. The van der Waals surface area contributed by atoms with Crippen molar-refractivity contribution >= 4 is 17.3 Å². The van der Waals surface area contributed by atoms with E-state index in [9.17, 15) is 4.79 Å². The average Bonchev–Trinajstić information content (AvgIpc) is 3.01. The predicted octanol–water partition coefficient (Wildman–Crippen LogP) is 1.96. The second kappa shape index (κ2) is 6.45. The zero-order chi connectivity index (χ0) is 14.5. The molecule has 1 aliphatic heterocycles. The van der Waals surface area contributed by atoms with Crippen molar-refractivity contribution in [3.8, 4) is 0 Å². The van der Waals surface area contributed by atoms with Crippen molar-refractivity contribution in [1.29, 1.82) is 0 Å². The number of amides is 1. The number of morpholine rings is 1. The molecule has 0 aliphatic carbocycles.